The third-order valence-corrected chi connectivity index (χ3v) is 6.35. The number of nitrogens with two attached hydrogens (primary N) is 1. The molecular formula is C27H28N6OS. The molecule has 0 amide bonds. The average Bonchev–Trinajstić information content (AvgIpc) is 3.11. The third kappa shape index (κ3) is 5.64. The molecule has 1 aliphatic rings. The highest BCUT2D eigenvalue weighted by Gasteiger charge is 2.23. The van der Waals surface area contributed by atoms with Crippen molar-refractivity contribution >= 4 is 28.5 Å². The van der Waals surface area contributed by atoms with Gasteiger partial charge in [0.2, 0.25) is 0 Å². The second-order valence-electron chi connectivity index (χ2n) is 8.43. The molecule has 0 atom stereocenters. The van der Waals surface area contributed by atoms with E-state index in [9.17, 15) is 4.79 Å². The van der Waals surface area contributed by atoms with E-state index in [1.54, 1.807) is 17.0 Å². The molecule has 0 bridgehead atoms. The molecule has 0 aliphatic carbocycles. The van der Waals surface area contributed by atoms with Crippen LogP contribution >= 0.6 is 11.8 Å². The molecule has 35 heavy (non-hydrogen) atoms. The predicted molar refractivity (Wildman–Crippen MR) is 145 cm³/mol. The zero-order chi connectivity index (χ0) is 24.8. The number of allylic oxidation sites excluding steroid dienone is 2. The van der Waals surface area contributed by atoms with Gasteiger partial charge < -0.3 is 5.73 Å². The number of thioether (sulfide) groups is 1. The van der Waals surface area contributed by atoms with Gasteiger partial charge in [0.25, 0.3) is 5.56 Å². The molecule has 8 heteroatoms. The van der Waals surface area contributed by atoms with Gasteiger partial charge in [-0.2, -0.15) is 4.99 Å². The summed E-state index contributed by atoms with van der Waals surface area (Å²) in [5.41, 5.74) is 12.6. The van der Waals surface area contributed by atoms with Gasteiger partial charge in [-0.3, -0.25) is 19.5 Å². The number of aromatic nitrogens is 3. The lowest BCUT2D eigenvalue weighted by atomic mass is 10.1. The molecule has 2 aromatic heterocycles. The summed E-state index contributed by atoms with van der Waals surface area (Å²) in [6.07, 6.45) is 5.33. The van der Waals surface area contributed by atoms with E-state index in [0.29, 0.717) is 47.0 Å². The van der Waals surface area contributed by atoms with Crippen molar-refractivity contribution in [3.8, 4) is 11.3 Å². The van der Waals surface area contributed by atoms with Gasteiger partial charge in [-0.15, -0.1) is 0 Å². The van der Waals surface area contributed by atoms with Crippen LogP contribution in [0.5, 0.6) is 0 Å². The number of aliphatic imine (C=N–C) groups is 2. The molecular weight excluding hydrogens is 456 g/mol. The third-order valence-electron chi connectivity index (χ3n) is 5.39. The van der Waals surface area contributed by atoms with Crippen LogP contribution in [0.3, 0.4) is 0 Å². The van der Waals surface area contributed by atoms with Crippen LogP contribution in [0.2, 0.25) is 0 Å². The fraction of sp³-hybridized carbons (Fsp3) is 0.259. The molecule has 0 unspecified atom stereocenters. The zero-order valence-corrected chi connectivity index (χ0v) is 20.9. The lowest BCUT2D eigenvalue weighted by Gasteiger charge is -2.13. The standard InChI is InChI=1S/C27H28N6OS/c1-4-32-27(34)24(25(28)33(32)18-19(2)3)26(35-23-10-6-8-16-30-23)31-17-20-11-13-21(14-12-20)22-9-5-7-15-29-22/h5-7,9-15,19H,4,17-18,28H2,1-3H3. The first kappa shape index (κ1) is 24.3. The summed E-state index contributed by atoms with van der Waals surface area (Å²) < 4.78 is 3.54. The smallest absolute Gasteiger partial charge is 0.278 e. The number of nitrogens with zero attached hydrogens (tertiary/aromatic N) is 5. The van der Waals surface area contributed by atoms with Gasteiger partial charge in [-0.05, 0) is 60.2 Å². The van der Waals surface area contributed by atoms with Gasteiger partial charge in [0.15, 0.2) is 0 Å². The van der Waals surface area contributed by atoms with E-state index >= 15 is 0 Å². The topological polar surface area (TPSA) is 90.6 Å². The average molecular weight is 485 g/mol. The fourth-order valence-electron chi connectivity index (χ4n) is 3.74. The molecule has 1 aliphatic heterocycles. The van der Waals surface area contributed by atoms with Crippen molar-refractivity contribution in [2.45, 2.75) is 40.4 Å². The van der Waals surface area contributed by atoms with Crippen molar-refractivity contribution in [3.05, 3.63) is 93.1 Å². The van der Waals surface area contributed by atoms with Crippen molar-refractivity contribution < 1.29 is 0 Å². The number of hydrogen-bond acceptors (Lipinski definition) is 6. The Labute approximate surface area is 209 Å². The first-order chi connectivity index (χ1) is 17.0. The Morgan fingerprint density at radius 2 is 1.97 bits per heavy atom. The monoisotopic (exact) mass is 484 g/mol. The van der Waals surface area contributed by atoms with E-state index in [0.717, 1.165) is 16.8 Å². The Morgan fingerprint density at radius 1 is 1.17 bits per heavy atom. The van der Waals surface area contributed by atoms with E-state index in [2.05, 4.69) is 35.4 Å². The second kappa shape index (κ2) is 11.1. The number of anilines is 1. The normalized spacial score (nSPS) is 13.0. The first-order valence-electron chi connectivity index (χ1n) is 11.5. The molecule has 4 rings (SSSR count). The summed E-state index contributed by atoms with van der Waals surface area (Å²) in [5, 5.41) is 1.21. The zero-order valence-electron chi connectivity index (χ0n) is 20.1. The van der Waals surface area contributed by atoms with Gasteiger partial charge in [0.05, 0.1) is 12.2 Å². The Kier molecular flexibility index (Phi) is 7.68. The molecule has 2 N–H and O–H groups in total. The van der Waals surface area contributed by atoms with Gasteiger partial charge in [-0.1, -0.05) is 44.2 Å². The van der Waals surface area contributed by atoms with Gasteiger partial charge in [0.1, 0.15) is 21.5 Å². The Balaban J connectivity index is 1.69. The summed E-state index contributed by atoms with van der Waals surface area (Å²) in [6.45, 7) is 7.71. The second-order valence-corrected chi connectivity index (χ2v) is 9.44. The van der Waals surface area contributed by atoms with Crippen LogP contribution in [0, 0.1) is 5.92 Å². The molecule has 0 fully saturated rings. The van der Waals surface area contributed by atoms with Gasteiger partial charge >= 0.3 is 0 Å². The Hall–Kier alpha value is -3.83. The highest BCUT2D eigenvalue weighted by atomic mass is 32.2. The minimum atomic E-state index is -0.145. The van der Waals surface area contributed by atoms with E-state index in [1.807, 2.05) is 60.1 Å². The summed E-state index contributed by atoms with van der Waals surface area (Å²) >= 11 is 1.31. The minimum absolute atomic E-state index is 0.145. The highest BCUT2D eigenvalue weighted by molar-refractivity contribution is 8.17. The summed E-state index contributed by atoms with van der Waals surface area (Å²) in [7, 11) is 0. The summed E-state index contributed by atoms with van der Waals surface area (Å²) in [4.78, 5) is 26.9. The largest absolute Gasteiger partial charge is 0.383 e. The van der Waals surface area contributed by atoms with Crippen molar-refractivity contribution in [1.82, 2.24) is 14.3 Å². The number of hydrogen-bond donors (Lipinski definition) is 1. The van der Waals surface area contributed by atoms with Crippen LogP contribution in [0.15, 0.2) is 86.4 Å². The molecule has 0 radical (unpaired) electrons. The quantitative estimate of drug-likeness (QED) is 0.280. The molecule has 1 aromatic carbocycles. The van der Waals surface area contributed by atoms with Crippen LogP contribution in [-0.2, 0) is 19.6 Å². The maximum absolute atomic E-state index is 13.4. The van der Waals surface area contributed by atoms with E-state index < -0.39 is 0 Å². The molecule has 178 valence electrons. The van der Waals surface area contributed by atoms with Gasteiger partial charge in [0, 0.05) is 30.7 Å². The maximum atomic E-state index is 13.4. The molecule has 3 heterocycles. The van der Waals surface area contributed by atoms with Crippen LogP contribution in [0.4, 0.5) is 5.82 Å². The Bertz CT molecular complexity index is 1410. The van der Waals surface area contributed by atoms with Gasteiger partial charge in [-0.25, -0.2) is 4.68 Å². The van der Waals surface area contributed by atoms with Crippen molar-refractivity contribution in [2.24, 2.45) is 15.9 Å². The summed E-state index contributed by atoms with van der Waals surface area (Å²) in [5.74, 6) is 3.48. The van der Waals surface area contributed by atoms with Crippen molar-refractivity contribution in [1.29, 1.82) is 0 Å². The first-order valence-corrected chi connectivity index (χ1v) is 12.4. The van der Waals surface area contributed by atoms with Crippen molar-refractivity contribution in [2.75, 3.05) is 5.73 Å². The van der Waals surface area contributed by atoms with Crippen molar-refractivity contribution in [3.63, 3.8) is 0 Å². The SMILES string of the molecule is CCn1c(=O)c(C(=NCc2ccc(-c3ccccn3)cc2)SC2=CC=C=C=N2)c(N)n1CC(C)C. The molecule has 0 saturated heterocycles. The number of pyridine rings is 1. The molecule has 3 aromatic rings. The molecule has 0 saturated carbocycles. The lowest BCUT2D eigenvalue weighted by molar-refractivity contribution is 0.405. The van der Waals surface area contributed by atoms with E-state index in [4.69, 9.17) is 10.7 Å². The number of nitrogen functional groups attached to an aromatic ring is 1. The number of rotatable bonds is 8. The van der Waals surface area contributed by atoms with Crippen LogP contribution in [0.25, 0.3) is 11.3 Å². The van der Waals surface area contributed by atoms with E-state index in [-0.39, 0.29) is 5.56 Å². The highest BCUT2D eigenvalue weighted by Crippen LogP contribution is 2.27. The molecule has 0 spiro atoms. The predicted octanol–water partition coefficient (Wildman–Crippen LogP) is 4.89. The number of benzene rings is 1. The van der Waals surface area contributed by atoms with Crippen LogP contribution in [-0.4, -0.2) is 25.3 Å². The van der Waals surface area contributed by atoms with Crippen LogP contribution in [0.1, 0.15) is 31.9 Å². The summed E-state index contributed by atoms with van der Waals surface area (Å²) in [6, 6.07) is 14.0. The van der Waals surface area contributed by atoms with E-state index in [1.165, 1.54) is 11.8 Å². The fourth-order valence-corrected chi connectivity index (χ4v) is 4.58. The Morgan fingerprint density at radius 3 is 2.60 bits per heavy atom. The minimum Gasteiger partial charge on any atom is -0.383 e. The van der Waals surface area contributed by atoms with Crippen LogP contribution < -0.4 is 11.3 Å². The lowest BCUT2D eigenvalue weighted by Crippen LogP contribution is -2.25. The molecule has 7 nitrogen and oxygen atoms in total. The maximum Gasteiger partial charge on any atom is 0.278 e.